The molecule has 1 atom stereocenters. The predicted molar refractivity (Wildman–Crippen MR) is 109 cm³/mol. The first-order valence-electron chi connectivity index (χ1n) is 10.2. The predicted octanol–water partition coefficient (Wildman–Crippen LogP) is 1.12. The van der Waals surface area contributed by atoms with E-state index in [0.717, 1.165) is 5.56 Å². The zero-order chi connectivity index (χ0) is 21.1. The number of hydrogen-bond acceptors (Lipinski definition) is 5. The molecule has 4 rings (SSSR count). The highest BCUT2D eigenvalue weighted by atomic mass is 16.2. The van der Waals surface area contributed by atoms with Crippen LogP contribution < -0.4 is 0 Å². The lowest BCUT2D eigenvalue weighted by Gasteiger charge is -2.35. The summed E-state index contributed by atoms with van der Waals surface area (Å²) in [6.07, 6.45) is 4.72. The van der Waals surface area contributed by atoms with Crippen molar-refractivity contribution in [3.8, 4) is 0 Å². The number of amides is 3. The molecule has 2 saturated heterocycles. The largest absolute Gasteiger partial charge is 0.339 e. The third-order valence-electron chi connectivity index (χ3n) is 5.72. The third kappa shape index (κ3) is 4.32. The van der Waals surface area contributed by atoms with E-state index in [-0.39, 0.29) is 30.1 Å². The van der Waals surface area contributed by atoms with E-state index in [1.807, 2.05) is 31.2 Å². The third-order valence-corrected chi connectivity index (χ3v) is 5.72. The van der Waals surface area contributed by atoms with Crippen molar-refractivity contribution in [2.75, 3.05) is 32.7 Å². The average Bonchev–Trinajstić information content (AvgIpc) is 3.15. The number of nitrogens with zero attached hydrogens (tertiary/aromatic N) is 5. The van der Waals surface area contributed by atoms with Gasteiger partial charge in [0.25, 0.3) is 5.91 Å². The number of piperazine rings is 1. The van der Waals surface area contributed by atoms with E-state index in [2.05, 4.69) is 9.97 Å². The highest BCUT2D eigenvalue weighted by Gasteiger charge is 2.37. The molecule has 0 radical (unpaired) electrons. The molecule has 2 aromatic rings. The first-order valence-corrected chi connectivity index (χ1v) is 10.2. The van der Waals surface area contributed by atoms with Gasteiger partial charge in [-0.1, -0.05) is 29.8 Å². The molecule has 8 nitrogen and oxygen atoms in total. The Bertz CT molecular complexity index is 924. The van der Waals surface area contributed by atoms with Gasteiger partial charge >= 0.3 is 0 Å². The van der Waals surface area contributed by atoms with Crippen LogP contribution >= 0.6 is 0 Å². The average molecular weight is 407 g/mol. The summed E-state index contributed by atoms with van der Waals surface area (Å²) in [7, 11) is 0. The molecule has 0 bridgehead atoms. The number of likely N-dealkylation sites (tertiary alicyclic amines) is 1. The Hall–Kier alpha value is -3.29. The highest BCUT2D eigenvalue weighted by molar-refractivity contribution is 5.92. The van der Waals surface area contributed by atoms with E-state index in [0.29, 0.717) is 45.0 Å². The lowest BCUT2D eigenvalue weighted by Crippen LogP contribution is -2.52. The summed E-state index contributed by atoms with van der Waals surface area (Å²) in [5.41, 5.74) is 2.56. The fourth-order valence-electron chi connectivity index (χ4n) is 3.96. The molecule has 2 fully saturated rings. The minimum Gasteiger partial charge on any atom is -0.339 e. The van der Waals surface area contributed by atoms with Gasteiger partial charge in [0, 0.05) is 58.1 Å². The molecule has 8 heteroatoms. The van der Waals surface area contributed by atoms with Crippen LogP contribution in [0.4, 0.5) is 0 Å². The number of hydrogen-bond donors (Lipinski definition) is 0. The molecule has 1 aromatic carbocycles. The number of rotatable bonds is 4. The van der Waals surface area contributed by atoms with Crippen molar-refractivity contribution in [2.24, 2.45) is 5.92 Å². The van der Waals surface area contributed by atoms with E-state index >= 15 is 0 Å². The maximum absolute atomic E-state index is 13.0. The van der Waals surface area contributed by atoms with Gasteiger partial charge in [0.2, 0.25) is 11.8 Å². The molecule has 0 aliphatic carbocycles. The Morgan fingerprint density at radius 2 is 1.73 bits per heavy atom. The molecular formula is C22H25N5O3. The Labute approximate surface area is 175 Å². The van der Waals surface area contributed by atoms with Crippen LogP contribution in [0.15, 0.2) is 42.9 Å². The van der Waals surface area contributed by atoms with E-state index < -0.39 is 0 Å². The lowest BCUT2D eigenvalue weighted by molar-refractivity contribution is -0.137. The van der Waals surface area contributed by atoms with Crippen molar-refractivity contribution in [2.45, 2.75) is 19.9 Å². The molecule has 30 heavy (non-hydrogen) atoms. The van der Waals surface area contributed by atoms with Gasteiger partial charge in [0.05, 0.1) is 12.1 Å². The van der Waals surface area contributed by atoms with Gasteiger partial charge in [-0.2, -0.15) is 0 Å². The van der Waals surface area contributed by atoms with E-state index in [1.165, 1.54) is 24.2 Å². The highest BCUT2D eigenvalue weighted by Crippen LogP contribution is 2.23. The Morgan fingerprint density at radius 3 is 2.40 bits per heavy atom. The van der Waals surface area contributed by atoms with Crippen LogP contribution in [0, 0.1) is 12.8 Å². The number of carbonyl (C=O) groups excluding carboxylic acids is 3. The second kappa shape index (κ2) is 8.61. The van der Waals surface area contributed by atoms with E-state index in [9.17, 15) is 14.4 Å². The summed E-state index contributed by atoms with van der Waals surface area (Å²) in [6.45, 7) is 4.85. The van der Waals surface area contributed by atoms with Crippen LogP contribution in [-0.4, -0.2) is 75.1 Å². The van der Waals surface area contributed by atoms with Crippen molar-refractivity contribution in [1.82, 2.24) is 24.7 Å². The SMILES string of the molecule is Cc1ccc(CN2CC(C(=O)N3CCN(C(=O)c4cnccn4)CC3)CC2=O)cc1. The van der Waals surface area contributed by atoms with Gasteiger partial charge in [-0.05, 0) is 12.5 Å². The van der Waals surface area contributed by atoms with Gasteiger partial charge in [0.1, 0.15) is 5.69 Å². The van der Waals surface area contributed by atoms with Crippen molar-refractivity contribution in [3.63, 3.8) is 0 Å². The van der Waals surface area contributed by atoms with Gasteiger partial charge in [0.15, 0.2) is 0 Å². The number of aryl methyl sites for hydroxylation is 1. The zero-order valence-corrected chi connectivity index (χ0v) is 17.0. The Morgan fingerprint density at radius 1 is 1.03 bits per heavy atom. The van der Waals surface area contributed by atoms with Gasteiger partial charge < -0.3 is 14.7 Å². The van der Waals surface area contributed by atoms with Crippen molar-refractivity contribution in [1.29, 1.82) is 0 Å². The topological polar surface area (TPSA) is 86.7 Å². The summed E-state index contributed by atoms with van der Waals surface area (Å²) >= 11 is 0. The summed E-state index contributed by atoms with van der Waals surface area (Å²) < 4.78 is 0. The number of carbonyl (C=O) groups is 3. The summed E-state index contributed by atoms with van der Waals surface area (Å²) in [5, 5.41) is 0. The fraction of sp³-hybridized carbons (Fsp3) is 0.409. The van der Waals surface area contributed by atoms with Gasteiger partial charge in [-0.3, -0.25) is 19.4 Å². The molecule has 2 aliphatic rings. The minimum atomic E-state index is -0.315. The number of benzene rings is 1. The first kappa shape index (κ1) is 20.0. The number of aromatic nitrogens is 2. The standard InChI is InChI=1S/C22H25N5O3/c1-16-2-4-17(5-3-16)14-27-15-18(12-20(27)28)21(29)25-8-10-26(11-9-25)22(30)19-13-23-6-7-24-19/h2-7,13,18H,8-12,14-15H2,1H3. The van der Waals surface area contributed by atoms with E-state index in [1.54, 1.807) is 14.7 Å². The molecule has 2 aliphatic heterocycles. The van der Waals surface area contributed by atoms with Crippen LogP contribution in [0.25, 0.3) is 0 Å². The zero-order valence-electron chi connectivity index (χ0n) is 17.0. The fourth-order valence-corrected chi connectivity index (χ4v) is 3.96. The van der Waals surface area contributed by atoms with Gasteiger partial charge in [-0.15, -0.1) is 0 Å². The molecule has 0 saturated carbocycles. The summed E-state index contributed by atoms with van der Waals surface area (Å²) in [4.78, 5) is 51.1. The lowest BCUT2D eigenvalue weighted by atomic mass is 10.1. The van der Waals surface area contributed by atoms with Crippen LogP contribution in [-0.2, 0) is 16.1 Å². The molecule has 3 heterocycles. The molecular weight excluding hydrogens is 382 g/mol. The molecule has 1 unspecified atom stereocenters. The molecule has 0 spiro atoms. The second-order valence-electron chi connectivity index (χ2n) is 7.87. The maximum atomic E-state index is 13.0. The Balaban J connectivity index is 1.30. The molecule has 0 N–H and O–H groups in total. The summed E-state index contributed by atoms with van der Waals surface area (Å²) in [5.74, 6) is -0.465. The molecule has 3 amide bonds. The van der Waals surface area contributed by atoms with Gasteiger partial charge in [-0.25, -0.2) is 4.98 Å². The van der Waals surface area contributed by atoms with Crippen LogP contribution in [0.5, 0.6) is 0 Å². The van der Waals surface area contributed by atoms with Crippen LogP contribution in [0.2, 0.25) is 0 Å². The first-order chi connectivity index (χ1) is 14.5. The van der Waals surface area contributed by atoms with Crippen molar-refractivity contribution in [3.05, 3.63) is 59.7 Å². The van der Waals surface area contributed by atoms with Crippen LogP contribution in [0.1, 0.15) is 28.0 Å². The summed E-state index contributed by atoms with van der Waals surface area (Å²) in [6, 6.07) is 8.09. The molecule has 156 valence electrons. The Kier molecular flexibility index (Phi) is 5.74. The van der Waals surface area contributed by atoms with E-state index in [4.69, 9.17) is 0 Å². The van der Waals surface area contributed by atoms with Crippen LogP contribution in [0.3, 0.4) is 0 Å². The second-order valence-corrected chi connectivity index (χ2v) is 7.87. The monoisotopic (exact) mass is 407 g/mol. The maximum Gasteiger partial charge on any atom is 0.274 e. The normalized spacial score (nSPS) is 19.3. The minimum absolute atomic E-state index is 0.00126. The van der Waals surface area contributed by atoms with Crippen molar-refractivity contribution >= 4 is 17.7 Å². The van der Waals surface area contributed by atoms with Crippen molar-refractivity contribution < 1.29 is 14.4 Å². The molecule has 1 aromatic heterocycles. The quantitative estimate of drug-likeness (QED) is 0.758. The smallest absolute Gasteiger partial charge is 0.274 e.